The summed E-state index contributed by atoms with van der Waals surface area (Å²) in [5.41, 5.74) is 0.417. The van der Waals surface area contributed by atoms with Gasteiger partial charge in [0.1, 0.15) is 5.69 Å². The highest BCUT2D eigenvalue weighted by molar-refractivity contribution is 6.31. The van der Waals surface area contributed by atoms with Crippen LogP contribution in [0.2, 0.25) is 5.02 Å². The van der Waals surface area contributed by atoms with Crippen LogP contribution >= 0.6 is 11.6 Å². The van der Waals surface area contributed by atoms with Gasteiger partial charge in [0.25, 0.3) is 0 Å². The summed E-state index contributed by atoms with van der Waals surface area (Å²) >= 11 is 5.65. The first-order chi connectivity index (χ1) is 19.6. The van der Waals surface area contributed by atoms with Gasteiger partial charge in [0.15, 0.2) is 23.7 Å². The summed E-state index contributed by atoms with van der Waals surface area (Å²) in [5.74, 6) is 1.49. The predicted molar refractivity (Wildman–Crippen MR) is 145 cm³/mol. The average molecular weight is 594 g/mol. The van der Waals surface area contributed by atoms with E-state index in [4.69, 9.17) is 40.5 Å². The number of amides is 2. The number of alkyl halides is 3. The molecule has 0 radical (unpaired) electrons. The highest BCUT2D eigenvalue weighted by Gasteiger charge is 2.36. The summed E-state index contributed by atoms with van der Waals surface area (Å²) in [5, 5.41) is 4.52. The third-order valence-corrected chi connectivity index (χ3v) is 6.59. The summed E-state index contributed by atoms with van der Waals surface area (Å²) in [4.78, 5) is 24.0. The molecule has 0 unspecified atom stereocenters. The number of nitrogens with one attached hydrogen (secondary N) is 2. The Hall–Kier alpha value is -3.65. The molecule has 2 saturated heterocycles. The lowest BCUT2D eigenvalue weighted by molar-refractivity contribution is -0.384. The van der Waals surface area contributed by atoms with Crippen LogP contribution in [-0.2, 0) is 20.4 Å². The first kappa shape index (κ1) is 28.9. The number of aromatic nitrogens is 2. The number of hydrogen-bond donors (Lipinski definition) is 2. The van der Waals surface area contributed by atoms with E-state index >= 15 is 0 Å². The molecular weight excluding hydrogens is 567 g/mol. The summed E-state index contributed by atoms with van der Waals surface area (Å²) in [6, 6.07) is 9.09. The maximum Gasteiger partial charge on any atom is 0.417 e. The predicted octanol–water partition coefficient (Wildman–Crippen LogP) is 6.09. The van der Waals surface area contributed by atoms with Gasteiger partial charge < -0.3 is 34.5 Å². The Bertz CT molecular complexity index is 1400. The van der Waals surface area contributed by atoms with Crippen molar-refractivity contribution in [2.75, 3.05) is 48.4 Å². The molecule has 10 nitrogen and oxygen atoms in total. The van der Waals surface area contributed by atoms with Crippen molar-refractivity contribution < 1.29 is 36.9 Å². The number of halogens is 4. The number of morpholine rings is 1. The van der Waals surface area contributed by atoms with Gasteiger partial charge in [0.2, 0.25) is 6.29 Å². The molecule has 2 N–H and O–H groups in total. The SMILES string of the molecule is CCOc1c(C2OC(C)O2)nc(-c2ccc(NC(=O)Nc3ccc(Cl)c(C(F)(F)F)c3)cc2)nc1N1CCOCC1. The zero-order valence-corrected chi connectivity index (χ0v) is 22.9. The number of carbonyl (C=O) groups is 1. The molecule has 2 aliphatic heterocycles. The molecule has 0 bridgehead atoms. The van der Waals surface area contributed by atoms with Crippen molar-refractivity contribution >= 4 is 34.8 Å². The number of hydrogen-bond acceptors (Lipinski definition) is 8. The van der Waals surface area contributed by atoms with Gasteiger partial charge in [-0.3, -0.25) is 0 Å². The maximum atomic E-state index is 13.1. The minimum Gasteiger partial charge on any atom is -0.488 e. The molecule has 2 fully saturated rings. The lowest BCUT2D eigenvalue weighted by Crippen LogP contribution is -2.38. The fraction of sp³-hybridized carbons (Fsp3) is 0.370. The second kappa shape index (κ2) is 12.1. The second-order valence-electron chi connectivity index (χ2n) is 9.14. The van der Waals surface area contributed by atoms with Gasteiger partial charge in [-0.2, -0.15) is 13.2 Å². The lowest BCUT2D eigenvalue weighted by Gasteiger charge is -2.35. The third-order valence-electron chi connectivity index (χ3n) is 6.26. The molecule has 2 aromatic carbocycles. The van der Waals surface area contributed by atoms with Crippen molar-refractivity contribution in [1.29, 1.82) is 0 Å². The first-order valence-corrected chi connectivity index (χ1v) is 13.2. The molecule has 0 saturated carbocycles. The molecule has 0 atom stereocenters. The molecular formula is C27H27ClF3N5O5. The molecule has 14 heteroatoms. The molecule has 3 aromatic rings. The summed E-state index contributed by atoms with van der Waals surface area (Å²) in [6.07, 6.45) is -5.73. The zero-order valence-electron chi connectivity index (χ0n) is 22.1. The van der Waals surface area contributed by atoms with Gasteiger partial charge in [0, 0.05) is 30.0 Å². The quantitative estimate of drug-likeness (QED) is 0.339. The van der Waals surface area contributed by atoms with Crippen molar-refractivity contribution in [3.05, 3.63) is 58.7 Å². The average Bonchev–Trinajstić information content (AvgIpc) is 2.93. The highest BCUT2D eigenvalue weighted by Crippen LogP contribution is 2.41. The Morgan fingerprint density at radius 2 is 1.73 bits per heavy atom. The summed E-state index contributed by atoms with van der Waals surface area (Å²) in [7, 11) is 0. The minimum atomic E-state index is -4.65. The minimum absolute atomic E-state index is 0.0587. The maximum absolute atomic E-state index is 13.1. The molecule has 41 heavy (non-hydrogen) atoms. The Balaban J connectivity index is 1.37. The lowest BCUT2D eigenvalue weighted by atomic mass is 10.1. The molecule has 218 valence electrons. The van der Waals surface area contributed by atoms with Crippen molar-refractivity contribution in [2.24, 2.45) is 0 Å². The second-order valence-corrected chi connectivity index (χ2v) is 9.55. The van der Waals surface area contributed by atoms with Crippen LogP contribution in [0.4, 0.5) is 35.2 Å². The largest absolute Gasteiger partial charge is 0.488 e. The van der Waals surface area contributed by atoms with Gasteiger partial charge >= 0.3 is 12.2 Å². The Kier molecular flexibility index (Phi) is 8.50. The Morgan fingerprint density at radius 3 is 2.37 bits per heavy atom. The van der Waals surface area contributed by atoms with Gasteiger partial charge in [-0.15, -0.1) is 0 Å². The summed E-state index contributed by atoms with van der Waals surface area (Å²) < 4.78 is 62.3. The van der Waals surface area contributed by atoms with Crippen LogP contribution in [0.5, 0.6) is 5.75 Å². The number of carbonyl (C=O) groups excluding carboxylic acids is 1. The number of urea groups is 1. The van der Waals surface area contributed by atoms with Crippen LogP contribution < -0.4 is 20.3 Å². The van der Waals surface area contributed by atoms with Gasteiger partial charge in [-0.25, -0.2) is 14.8 Å². The fourth-order valence-corrected chi connectivity index (χ4v) is 4.54. The van der Waals surface area contributed by atoms with Crippen LogP contribution in [0.3, 0.4) is 0 Å². The molecule has 1 aromatic heterocycles. The van der Waals surface area contributed by atoms with Crippen molar-refractivity contribution in [1.82, 2.24) is 9.97 Å². The van der Waals surface area contributed by atoms with Crippen LogP contribution in [0, 0.1) is 0 Å². The van der Waals surface area contributed by atoms with Crippen LogP contribution in [0.15, 0.2) is 42.5 Å². The van der Waals surface area contributed by atoms with Crippen molar-refractivity contribution in [2.45, 2.75) is 32.6 Å². The molecule has 2 aliphatic rings. The monoisotopic (exact) mass is 593 g/mol. The zero-order chi connectivity index (χ0) is 29.1. The standard InChI is InChI=1S/C27H27ClF3N5O5/c1-3-39-22-21(25-40-15(2)41-25)34-23(35-24(22)36-10-12-38-13-11-36)16-4-6-17(7-5-16)32-26(37)33-18-8-9-20(28)19(14-18)27(29,30)31/h4-9,14-15,25H,3,10-13H2,1-2H3,(H2,32,33,37). The normalized spacial score (nSPS) is 18.9. The van der Waals surface area contributed by atoms with Gasteiger partial charge in [0.05, 0.1) is 30.4 Å². The van der Waals surface area contributed by atoms with E-state index in [-0.39, 0.29) is 12.0 Å². The topological polar surface area (TPSA) is 107 Å². The molecule has 0 aliphatic carbocycles. The van der Waals surface area contributed by atoms with E-state index in [0.717, 1.165) is 12.1 Å². The molecule has 3 heterocycles. The fourth-order valence-electron chi connectivity index (χ4n) is 4.32. The van der Waals surface area contributed by atoms with E-state index in [1.807, 2.05) is 6.92 Å². The molecule has 2 amide bonds. The van der Waals surface area contributed by atoms with Crippen LogP contribution in [0.25, 0.3) is 11.4 Å². The summed E-state index contributed by atoms with van der Waals surface area (Å²) in [6.45, 7) is 6.38. The van der Waals surface area contributed by atoms with Gasteiger partial charge in [-0.05, 0) is 56.3 Å². The first-order valence-electron chi connectivity index (χ1n) is 12.9. The van der Waals surface area contributed by atoms with E-state index in [1.165, 1.54) is 6.07 Å². The van der Waals surface area contributed by atoms with Crippen LogP contribution in [0.1, 0.15) is 31.4 Å². The van der Waals surface area contributed by atoms with Crippen LogP contribution in [-0.4, -0.2) is 55.2 Å². The molecule has 5 rings (SSSR count). The number of ether oxygens (including phenoxy) is 4. The number of nitrogens with zero attached hydrogens (tertiary/aromatic N) is 3. The Morgan fingerprint density at radius 1 is 1.07 bits per heavy atom. The smallest absolute Gasteiger partial charge is 0.417 e. The van der Waals surface area contributed by atoms with E-state index in [2.05, 4.69) is 15.5 Å². The highest BCUT2D eigenvalue weighted by atomic mass is 35.5. The number of anilines is 3. The number of rotatable bonds is 7. The van der Waals surface area contributed by atoms with Crippen molar-refractivity contribution in [3.63, 3.8) is 0 Å². The third kappa shape index (κ3) is 6.64. The molecule has 0 spiro atoms. The number of benzene rings is 2. The van der Waals surface area contributed by atoms with E-state index < -0.39 is 29.1 Å². The Labute approximate surface area is 238 Å². The van der Waals surface area contributed by atoms with E-state index in [0.29, 0.717) is 67.2 Å². The van der Waals surface area contributed by atoms with Crippen molar-refractivity contribution in [3.8, 4) is 17.1 Å². The van der Waals surface area contributed by atoms with E-state index in [9.17, 15) is 18.0 Å². The van der Waals surface area contributed by atoms with Gasteiger partial charge in [-0.1, -0.05) is 11.6 Å². The van der Waals surface area contributed by atoms with E-state index in [1.54, 1.807) is 31.2 Å².